The van der Waals surface area contributed by atoms with E-state index in [2.05, 4.69) is 21.2 Å². The van der Waals surface area contributed by atoms with E-state index in [1.807, 2.05) is 0 Å². The number of benzene rings is 1. The summed E-state index contributed by atoms with van der Waals surface area (Å²) in [5.41, 5.74) is 0.634. The molecule has 2 aliphatic heterocycles. The SMILES string of the molecule is O=C(O)C1CC2CCC1N2C(=O)Nc1ccc(Cl)c(Br)c1. The zero-order chi connectivity index (χ0) is 15.1. The fraction of sp³-hybridized carbons (Fsp3) is 0.429. The predicted octanol–water partition coefficient (Wildman–Crippen LogP) is 3.57. The molecule has 5 nitrogen and oxygen atoms in total. The van der Waals surface area contributed by atoms with Gasteiger partial charge in [-0.3, -0.25) is 4.79 Å². The highest BCUT2D eigenvalue weighted by molar-refractivity contribution is 9.10. The number of aliphatic carboxylic acids is 1. The van der Waals surface area contributed by atoms with E-state index in [4.69, 9.17) is 11.6 Å². The molecule has 112 valence electrons. The number of nitrogens with one attached hydrogen (secondary N) is 1. The highest BCUT2D eigenvalue weighted by Crippen LogP contribution is 2.42. The Balaban J connectivity index is 1.74. The number of carbonyl (C=O) groups excluding carboxylic acids is 1. The molecule has 2 N–H and O–H groups in total. The summed E-state index contributed by atoms with van der Waals surface area (Å²) in [4.78, 5) is 25.3. The lowest BCUT2D eigenvalue weighted by Gasteiger charge is -2.23. The predicted molar refractivity (Wildman–Crippen MR) is 82.6 cm³/mol. The van der Waals surface area contributed by atoms with E-state index in [9.17, 15) is 14.7 Å². The summed E-state index contributed by atoms with van der Waals surface area (Å²) in [6, 6.07) is 4.75. The Morgan fingerprint density at radius 2 is 2.14 bits per heavy atom. The molecule has 0 aliphatic carbocycles. The van der Waals surface area contributed by atoms with Crippen LogP contribution in [0.3, 0.4) is 0 Å². The van der Waals surface area contributed by atoms with Crippen LogP contribution in [0.2, 0.25) is 5.02 Å². The van der Waals surface area contributed by atoms with E-state index >= 15 is 0 Å². The third-order valence-corrected chi connectivity index (χ3v) is 5.47. The van der Waals surface area contributed by atoms with Crippen LogP contribution in [0.4, 0.5) is 10.5 Å². The minimum atomic E-state index is -0.811. The van der Waals surface area contributed by atoms with E-state index in [1.54, 1.807) is 23.1 Å². The molecule has 21 heavy (non-hydrogen) atoms. The second-order valence-corrected chi connectivity index (χ2v) is 6.71. The summed E-state index contributed by atoms with van der Waals surface area (Å²) >= 11 is 9.23. The lowest BCUT2D eigenvalue weighted by Crippen LogP contribution is -2.40. The van der Waals surface area contributed by atoms with Gasteiger partial charge >= 0.3 is 12.0 Å². The van der Waals surface area contributed by atoms with Crippen LogP contribution >= 0.6 is 27.5 Å². The molecule has 0 radical (unpaired) electrons. The first kappa shape index (κ1) is 14.7. The molecule has 1 aromatic carbocycles. The van der Waals surface area contributed by atoms with Gasteiger partial charge < -0.3 is 15.3 Å². The minimum absolute atomic E-state index is 0.0341. The van der Waals surface area contributed by atoms with E-state index < -0.39 is 11.9 Å². The van der Waals surface area contributed by atoms with Gasteiger partial charge in [-0.2, -0.15) is 0 Å². The average Bonchev–Trinajstić information content (AvgIpc) is 3.00. The third kappa shape index (κ3) is 2.62. The lowest BCUT2D eigenvalue weighted by molar-refractivity contribution is -0.142. The van der Waals surface area contributed by atoms with E-state index in [-0.39, 0.29) is 18.1 Å². The van der Waals surface area contributed by atoms with Gasteiger partial charge in [0, 0.05) is 22.2 Å². The maximum absolute atomic E-state index is 12.4. The number of rotatable bonds is 2. The highest BCUT2D eigenvalue weighted by Gasteiger charge is 2.51. The highest BCUT2D eigenvalue weighted by atomic mass is 79.9. The molecule has 2 saturated heterocycles. The van der Waals surface area contributed by atoms with Crippen molar-refractivity contribution in [3.8, 4) is 0 Å². The number of carbonyl (C=O) groups is 2. The first-order valence-corrected chi connectivity index (χ1v) is 7.91. The standard InChI is InChI=1S/C14H14BrClN2O3/c15-10-5-7(1-3-11(10)16)17-14(21)18-8-2-4-12(18)9(6-8)13(19)20/h1,3,5,8-9,12H,2,4,6H2,(H,17,21)(H,19,20). The van der Waals surface area contributed by atoms with Crippen LogP contribution in [0.5, 0.6) is 0 Å². The Hall–Kier alpha value is -1.27. The number of hydrogen-bond acceptors (Lipinski definition) is 2. The van der Waals surface area contributed by atoms with Gasteiger partial charge in [0.15, 0.2) is 0 Å². The van der Waals surface area contributed by atoms with Crippen molar-refractivity contribution in [2.75, 3.05) is 5.32 Å². The van der Waals surface area contributed by atoms with Crippen LogP contribution in [0.25, 0.3) is 0 Å². The molecular weight excluding hydrogens is 360 g/mol. The molecule has 2 aliphatic rings. The summed E-state index contributed by atoms with van der Waals surface area (Å²) in [7, 11) is 0. The van der Waals surface area contributed by atoms with Gasteiger partial charge in [-0.1, -0.05) is 11.6 Å². The third-order valence-electron chi connectivity index (χ3n) is 4.26. The van der Waals surface area contributed by atoms with Gasteiger partial charge in [-0.25, -0.2) is 4.79 Å². The monoisotopic (exact) mass is 372 g/mol. The number of nitrogens with zero attached hydrogens (tertiary/aromatic N) is 1. The number of amides is 2. The summed E-state index contributed by atoms with van der Waals surface area (Å²) < 4.78 is 0.703. The molecule has 1 aromatic rings. The zero-order valence-electron chi connectivity index (χ0n) is 11.1. The van der Waals surface area contributed by atoms with Gasteiger partial charge in [0.25, 0.3) is 0 Å². The molecular formula is C14H14BrClN2O3. The van der Waals surface area contributed by atoms with Gasteiger partial charge in [0.05, 0.1) is 10.9 Å². The summed E-state index contributed by atoms with van der Waals surface area (Å²) in [5.74, 6) is -1.25. The van der Waals surface area contributed by atoms with E-state index in [0.29, 0.717) is 21.6 Å². The summed E-state index contributed by atoms with van der Waals surface area (Å²) in [6.07, 6.45) is 2.20. The van der Waals surface area contributed by atoms with Crippen LogP contribution < -0.4 is 5.32 Å². The van der Waals surface area contributed by atoms with E-state index in [1.165, 1.54) is 0 Å². The van der Waals surface area contributed by atoms with Crippen molar-refractivity contribution in [3.05, 3.63) is 27.7 Å². The van der Waals surface area contributed by atoms with Crippen molar-refractivity contribution in [3.63, 3.8) is 0 Å². The van der Waals surface area contributed by atoms with Gasteiger partial charge in [-0.15, -0.1) is 0 Å². The van der Waals surface area contributed by atoms with Crippen molar-refractivity contribution in [2.24, 2.45) is 5.92 Å². The molecule has 0 aromatic heterocycles. The Labute approximate surface area is 135 Å². The molecule has 2 fully saturated rings. The van der Waals surface area contributed by atoms with Crippen LogP contribution in [0.1, 0.15) is 19.3 Å². The smallest absolute Gasteiger partial charge is 0.322 e. The van der Waals surface area contributed by atoms with Crippen molar-refractivity contribution >= 4 is 45.2 Å². The molecule has 2 heterocycles. The topological polar surface area (TPSA) is 69.6 Å². The quantitative estimate of drug-likeness (QED) is 0.832. The van der Waals surface area contributed by atoms with Crippen molar-refractivity contribution in [1.29, 1.82) is 0 Å². The van der Waals surface area contributed by atoms with Crippen LogP contribution in [-0.4, -0.2) is 34.1 Å². The molecule has 3 unspecified atom stereocenters. The van der Waals surface area contributed by atoms with Gasteiger partial charge in [-0.05, 0) is 53.4 Å². The van der Waals surface area contributed by atoms with Crippen LogP contribution in [-0.2, 0) is 4.79 Å². The molecule has 0 spiro atoms. The molecule has 2 bridgehead atoms. The normalized spacial score (nSPS) is 27.0. The van der Waals surface area contributed by atoms with Crippen molar-refractivity contribution < 1.29 is 14.7 Å². The van der Waals surface area contributed by atoms with Crippen LogP contribution in [0.15, 0.2) is 22.7 Å². The first-order valence-electron chi connectivity index (χ1n) is 6.74. The number of carboxylic acids is 1. The maximum atomic E-state index is 12.4. The minimum Gasteiger partial charge on any atom is -0.481 e. The number of fused-ring (bicyclic) bond motifs is 2. The molecule has 0 saturated carbocycles. The fourth-order valence-electron chi connectivity index (χ4n) is 3.33. The van der Waals surface area contributed by atoms with E-state index in [0.717, 1.165) is 12.8 Å². The molecule has 7 heteroatoms. The summed E-state index contributed by atoms with van der Waals surface area (Å²) in [6.45, 7) is 0. The Bertz CT molecular complexity index is 610. The largest absolute Gasteiger partial charge is 0.481 e. The number of carboxylic acid groups (broad SMARTS) is 1. The fourth-order valence-corrected chi connectivity index (χ4v) is 3.83. The Morgan fingerprint density at radius 3 is 2.76 bits per heavy atom. The van der Waals surface area contributed by atoms with Crippen LogP contribution in [0, 0.1) is 5.92 Å². The average molecular weight is 374 g/mol. The van der Waals surface area contributed by atoms with Gasteiger partial charge in [0.2, 0.25) is 0 Å². The zero-order valence-corrected chi connectivity index (χ0v) is 13.4. The molecule has 2 amide bonds. The Kier molecular flexibility index (Phi) is 3.84. The number of urea groups is 1. The second kappa shape index (κ2) is 5.50. The van der Waals surface area contributed by atoms with Crippen molar-refractivity contribution in [1.82, 2.24) is 4.90 Å². The number of anilines is 1. The lowest BCUT2D eigenvalue weighted by atomic mass is 9.89. The maximum Gasteiger partial charge on any atom is 0.322 e. The summed E-state index contributed by atoms with van der Waals surface area (Å²) in [5, 5.41) is 12.6. The molecule has 3 atom stereocenters. The van der Waals surface area contributed by atoms with Gasteiger partial charge in [0.1, 0.15) is 0 Å². The first-order chi connectivity index (χ1) is 9.97. The Morgan fingerprint density at radius 1 is 1.38 bits per heavy atom. The molecule has 3 rings (SSSR count). The number of halogens is 2. The van der Waals surface area contributed by atoms with Crippen molar-refractivity contribution in [2.45, 2.75) is 31.3 Å². The number of hydrogen-bond donors (Lipinski definition) is 2. The second-order valence-electron chi connectivity index (χ2n) is 5.45.